The van der Waals surface area contributed by atoms with E-state index in [2.05, 4.69) is 54.6 Å². The van der Waals surface area contributed by atoms with Crippen LogP contribution in [0, 0.1) is 52.3 Å². The Bertz CT molecular complexity index is 817. The quantitative estimate of drug-likeness (QED) is 0.164. The average molecular weight is 547 g/mol. The van der Waals surface area contributed by atoms with E-state index in [4.69, 9.17) is 9.16 Å². The second kappa shape index (κ2) is 11.5. The van der Waals surface area contributed by atoms with Crippen molar-refractivity contribution < 1.29 is 14.0 Å². The van der Waals surface area contributed by atoms with Gasteiger partial charge in [-0.05, 0) is 148 Å². The summed E-state index contributed by atoms with van der Waals surface area (Å²) in [5.41, 5.74) is 1.05. The summed E-state index contributed by atoms with van der Waals surface area (Å²) in [6, 6.07) is 0. The SMILES string of the molecule is CCOC(=O)C[C@@H]1CCC2(C)C(CCC3[C@@H]2CCC2(C)[C@@H](C(C)CCCO[Si](C)(C)C(C)(C)C)CC[C@@H]32)C1. The van der Waals surface area contributed by atoms with Crippen LogP contribution in [0.1, 0.15) is 126 Å². The third-order valence-electron chi connectivity index (χ3n) is 13.4. The van der Waals surface area contributed by atoms with E-state index in [1.54, 1.807) is 0 Å². The molecule has 220 valence electrons. The van der Waals surface area contributed by atoms with Gasteiger partial charge in [0.05, 0.1) is 6.61 Å². The Kier molecular flexibility index (Phi) is 9.26. The Balaban J connectivity index is 1.33. The molecule has 0 aromatic carbocycles. The molecule has 0 aromatic heterocycles. The minimum absolute atomic E-state index is 0.0286. The first-order chi connectivity index (χ1) is 17.7. The third kappa shape index (κ3) is 5.83. The molecule has 9 atom stereocenters. The molecule has 5 unspecified atom stereocenters. The molecule has 4 rings (SSSR count). The highest BCUT2D eigenvalue weighted by molar-refractivity contribution is 6.74. The number of rotatable bonds is 9. The van der Waals surface area contributed by atoms with Crippen molar-refractivity contribution in [2.75, 3.05) is 13.2 Å². The summed E-state index contributed by atoms with van der Waals surface area (Å²) < 4.78 is 11.8. The molecule has 0 N–H and O–H groups in total. The maximum absolute atomic E-state index is 12.2. The summed E-state index contributed by atoms with van der Waals surface area (Å²) in [7, 11) is -1.63. The molecule has 4 heteroatoms. The van der Waals surface area contributed by atoms with Crippen molar-refractivity contribution in [1.29, 1.82) is 0 Å². The number of carbonyl (C=O) groups excluding carboxylic acids is 1. The lowest BCUT2D eigenvalue weighted by atomic mass is 9.44. The largest absolute Gasteiger partial charge is 0.466 e. The van der Waals surface area contributed by atoms with Crippen LogP contribution in [0.25, 0.3) is 0 Å². The number of hydrogen-bond acceptors (Lipinski definition) is 3. The molecule has 0 spiro atoms. The van der Waals surface area contributed by atoms with Crippen LogP contribution in [0.3, 0.4) is 0 Å². The lowest BCUT2D eigenvalue weighted by Gasteiger charge is -2.61. The van der Waals surface area contributed by atoms with E-state index in [1.807, 2.05) is 6.92 Å². The Morgan fingerprint density at radius 3 is 2.34 bits per heavy atom. The van der Waals surface area contributed by atoms with Crippen LogP contribution in [0.2, 0.25) is 18.1 Å². The van der Waals surface area contributed by atoms with Crippen LogP contribution in [-0.2, 0) is 14.0 Å². The van der Waals surface area contributed by atoms with Crippen molar-refractivity contribution in [3.05, 3.63) is 0 Å². The molecule has 3 nitrogen and oxygen atoms in total. The first kappa shape index (κ1) is 30.6. The van der Waals surface area contributed by atoms with E-state index in [0.717, 1.165) is 42.1 Å². The van der Waals surface area contributed by atoms with Crippen LogP contribution in [0.4, 0.5) is 0 Å². The third-order valence-corrected chi connectivity index (χ3v) is 17.9. The highest BCUT2D eigenvalue weighted by atomic mass is 28.4. The Morgan fingerprint density at radius 2 is 1.66 bits per heavy atom. The highest BCUT2D eigenvalue weighted by Gasteiger charge is 2.60. The van der Waals surface area contributed by atoms with Gasteiger partial charge in [0.15, 0.2) is 8.32 Å². The van der Waals surface area contributed by atoms with Gasteiger partial charge >= 0.3 is 5.97 Å². The molecule has 0 aliphatic heterocycles. The van der Waals surface area contributed by atoms with E-state index in [9.17, 15) is 4.79 Å². The molecule has 0 radical (unpaired) electrons. The van der Waals surface area contributed by atoms with Gasteiger partial charge in [-0.15, -0.1) is 0 Å². The number of fused-ring (bicyclic) bond motifs is 5. The van der Waals surface area contributed by atoms with Crippen LogP contribution in [0.5, 0.6) is 0 Å². The van der Waals surface area contributed by atoms with Crippen molar-refractivity contribution in [1.82, 2.24) is 0 Å². The molecular weight excluding hydrogens is 484 g/mol. The Hall–Kier alpha value is -0.353. The normalized spacial score (nSPS) is 40.1. The summed E-state index contributed by atoms with van der Waals surface area (Å²) in [4.78, 5) is 12.2. The minimum Gasteiger partial charge on any atom is -0.466 e. The lowest BCUT2D eigenvalue weighted by molar-refractivity contribution is -0.147. The maximum Gasteiger partial charge on any atom is 0.306 e. The monoisotopic (exact) mass is 546 g/mol. The topological polar surface area (TPSA) is 35.5 Å². The lowest BCUT2D eigenvalue weighted by Crippen LogP contribution is -2.53. The van der Waals surface area contributed by atoms with Crippen molar-refractivity contribution in [2.45, 2.75) is 144 Å². The van der Waals surface area contributed by atoms with Gasteiger partial charge in [0.1, 0.15) is 0 Å². The molecule has 4 fully saturated rings. The van der Waals surface area contributed by atoms with Crippen LogP contribution in [-0.4, -0.2) is 27.5 Å². The number of hydrogen-bond donors (Lipinski definition) is 0. The number of esters is 1. The fourth-order valence-corrected chi connectivity index (χ4v) is 11.2. The van der Waals surface area contributed by atoms with E-state index in [1.165, 1.54) is 70.6 Å². The Labute approximate surface area is 237 Å². The molecule has 38 heavy (non-hydrogen) atoms. The maximum atomic E-state index is 12.2. The fraction of sp³-hybridized carbons (Fsp3) is 0.971. The number of carbonyl (C=O) groups is 1. The first-order valence-corrected chi connectivity index (χ1v) is 19.4. The van der Waals surface area contributed by atoms with Gasteiger partial charge in [0, 0.05) is 13.0 Å². The zero-order valence-electron chi connectivity index (χ0n) is 26.7. The average Bonchev–Trinajstić information content (AvgIpc) is 3.18. The van der Waals surface area contributed by atoms with Crippen LogP contribution < -0.4 is 0 Å². The summed E-state index contributed by atoms with van der Waals surface area (Å²) in [5.74, 6) is 5.90. The predicted molar refractivity (Wildman–Crippen MR) is 162 cm³/mol. The second-order valence-electron chi connectivity index (χ2n) is 16.3. The number of ether oxygens (including phenoxy) is 1. The first-order valence-electron chi connectivity index (χ1n) is 16.5. The van der Waals surface area contributed by atoms with Gasteiger partial charge in [-0.1, -0.05) is 41.5 Å². The summed E-state index contributed by atoms with van der Waals surface area (Å²) in [6.07, 6.45) is 15.7. The van der Waals surface area contributed by atoms with Gasteiger partial charge in [0.25, 0.3) is 0 Å². The molecule has 4 aliphatic carbocycles. The zero-order valence-corrected chi connectivity index (χ0v) is 27.7. The summed E-state index contributed by atoms with van der Waals surface area (Å²) in [5, 5.41) is 0.305. The van der Waals surface area contributed by atoms with Gasteiger partial charge < -0.3 is 9.16 Å². The van der Waals surface area contributed by atoms with Crippen molar-refractivity contribution in [3.8, 4) is 0 Å². The minimum atomic E-state index is -1.63. The molecule has 0 saturated heterocycles. The molecule has 0 aromatic rings. The predicted octanol–water partition coefficient (Wildman–Crippen LogP) is 9.65. The molecule has 0 bridgehead atoms. The Morgan fingerprint density at radius 1 is 0.974 bits per heavy atom. The van der Waals surface area contributed by atoms with Crippen molar-refractivity contribution >= 4 is 14.3 Å². The molecular formula is C34H62O3Si. The van der Waals surface area contributed by atoms with Crippen LogP contribution in [0.15, 0.2) is 0 Å². The van der Waals surface area contributed by atoms with Crippen LogP contribution >= 0.6 is 0 Å². The van der Waals surface area contributed by atoms with Gasteiger partial charge in [-0.2, -0.15) is 0 Å². The van der Waals surface area contributed by atoms with E-state index in [-0.39, 0.29) is 5.97 Å². The smallest absolute Gasteiger partial charge is 0.306 e. The fourth-order valence-electron chi connectivity index (χ4n) is 10.1. The van der Waals surface area contributed by atoms with Gasteiger partial charge in [0.2, 0.25) is 0 Å². The van der Waals surface area contributed by atoms with Gasteiger partial charge in [-0.25, -0.2) is 0 Å². The molecule has 4 aliphatic rings. The molecule has 0 heterocycles. The second-order valence-corrected chi connectivity index (χ2v) is 21.1. The summed E-state index contributed by atoms with van der Waals surface area (Å²) in [6.45, 7) is 23.2. The van der Waals surface area contributed by atoms with Crippen molar-refractivity contribution in [3.63, 3.8) is 0 Å². The highest BCUT2D eigenvalue weighted by Crippen LogP contribution is 2.68. The summed E-state index contributed by atoms with van der Waals surface area (Å²) >= 11 is 0. The van der Waals surface area contributed by atoms with Gasteiger partial charge in [-0.3, -0.25) is 4.79 Å². The van der Waals surface area contributed by atoms with E-state index in [0.29, 0.717) is 34.8 Å². The van der Waals surface area contributed by atoms with Crippen molar-refractivity contribution in [2.24, 2.45) is 52.3 Å². The van der Waals surface area contributed by atoms with E-state index < -0.39 is 8.32 Å². The standard InChI is InChI=1S/C34H62O3Si/c1-10-36-31(35)23-25-17-19-33(6)26(22-25)13-14-27-29-16-15-28(34(29,7)20-18-30(27)33)24(2)12-11-21-37-38(8,9)32(3,4)5/h24-30H,10-23H2,1-9H3/t24?,25-,26?,27?,28-,29+,30+,33?,34?/m1/s1. The zero-order chi connectivity index (χ0) is 27.9. The van der Waals surface area contributed by atoms with E-state index >= 15 is 0 Å². The molecule has 4 saturated carbocycles. The molecule has 0 amide bonds.